The number of nitrogens with one attached hydrogen (secondary N) is 1. The fourth-order valence-electron chi connectivity index (χ4n) is 2.89. The molecule has 2 aromatic rings. The molecule has 1 fully saturated rings. The maximum absolute atomic E-state index is 13.1. The number of halogens is 2. The number of esters is 1. The van der Waals surface area contributed by atoms with Gasteiger partial charge in [-0.15, -0.1) is 0 Å². The maximum Gasteiger partial charge on any atom is 0.329 e. The molecule has 168 valence electrons. The number of hydrogen-bond donors (Lipinski definition) is 1. The number of ether oxygens (including phenoxy) is 3. The molecule has 2 aromatic carbocycles. The van der Waals surface area contributed by atoms with Gasteiger partial charge in [0.05, 0.1) is 18.2 Å². The van der Waals surface area contributed by atoms with Crippen molar-refractivity contribution in [2.75, 3.05) is 20.3 Å². The molecule has 1 N–H and O–H groups in total. The average molecular weight is 507 g/mol. The fraction of sp³-hybridized carbons (Fsp3) is 0.227. The summed E-state index contributed by atoms with van der Waals surface area (Å²) in [6, 6.07) is 8.58. The number of urea groups is 1. The summed E-state index contributed by atoms with van der Waals surface area (Å²) in [6.07, 6.45) is 1.47. The fourth-order valence-corrected chi connectivity index (χ4v) is 3.46. The van der Waals surface area contributed by atoms with Gasteiger partial charge in [-0.05, 0) is 64.3 Å². The monoisotopic (exact) mass is 506 g/mol. The molecule has 0 spiro atoms. The van der Waals surface area contributed by atoms with Gasteiger partial charge in [-0.25, -0.2) is 14.1 Å². The van der Waals surface area contributed by atoms with Gasteiger partial charge in [0.25, 0.3) is 5.91 Å². The lowest BCUT2D eigenvalue weighted by atomic mass is 10.1. The zero-order valence-electron chi connectivity index (χ0n) is 17.3. The minimum atomic E-state index is -0.713. The third-order valence-corrected chi connectivity index (χ3v) is 5.01. The SMILES string of the molecule is CCOc1cc(/C=C2/NC(=O)N(CC(=O)OC)C2=O)cc(Br)c1OCc1ccc(F)cc1. The van der Waals surface area contributed by atoms with Crippen molar-refractivity contribution in [3.05, 3.63) is 63.5 Å². The minimum absolute atomic E-state index is 0.00762. The van der Waals surface area contributed by atoms with Crippen molar-refractivity contribution < 1.29 is 33.0 Å². The Morgan fingerprint density at radius 2 is 1.91 bits per heavy atom. The van der Waals surface area contributed by atoms with Crippen LogP contribution in [0.5, 0.6) is 11.5 Å². The van der Waals surface area contributed by atoms with E-state index in [4.69, 9.17) is 9.47 Å². The largest absolute Gasteiger partial charge is 0.490 e. The summed E-state index contributed by atoms with van der Waals surface area (Å²) in [5.74, 6) is -0.836. The molecule has 0 atom stereocenters. The van der Waals surface area contributed by atoms with E-state index in [2.05, 4.69) is 26.0 Å². The van der Waals surface area contributed by atoms with Gasteiger partial charge in [0.2, 0.25) is 0 Å². The van der Waals surface area contributed by atoms with E-state index < -0.39 is 24.5 Å². The van der Waals surface area contributed by atoms with E-state index in [0.29, 0.717) is 28.1 Å². The highest BCUT2D eigenvalue weighted by Crippen LogP contribution is 2.38. The number of methoxy groups -OCH3 is 1. The predicted molar refractivity (Wildman–Crippen MR) is 116 cm³/mol. The van der Waals surface area contributed by atoms with E-state index in [1.54, 1.807) is 24.3 Å². The van der Waals surface area contributed by atoms with E-state index >= 15 is 0 Å². The first-order chi connectivity index (χ1) is 15.3. The Balaban J connectivity index is 1.83. The van der Waals surface area contributed by atoms with Crippen LogP contribution in [0.4, 0.5) is 9.18 Å². The van der Waals surface area contributed by atoms with Crippen LogP contribution in [0.15, 0.2) is 46.6 Å². The van der Waals surface area contributed by atoms with Crippen LogP contribution < -0.4 is 14.8 Å². The molecular weight excluding hydrogens is 487 g/mol. The Bertz CT molecular complexity index is 1070. The number of rotatable bonds is 8. The predicted octanol–water partition coefficient (Wildman–Crippen LogP) is 3.63. The van der Waals surface area contributed by atoms with Crippen LogP contribution in [0, 0.1) is 5.82 Å². The first-order valence-corrected chi connectivity index (χ1v) is 10.4. The van der Waals surface area contributed by atoms with E-state index in [9.17, 15) is 18.8 Å². The smallest absolute Gasteiger partial charge is 0.329 e. The summed E-state index contributed by atoms with van der Waals surface area (Å²) in [5, 5.41) is 2.44. The van der Waals surface area contributed by atoms with Crippen LogP contribution in [0.3, 0.4) is 0 Å². The molecule has 0 saturated carbocycles. The van der Waals surface area contributed by atoms with Crippen LogP contribution in [0.25, 0.3) is 6.08 Å². The third-order valence-electron chi connectivity index (χ3n) is 4.42. The molecule has 32 heavy (non-hydrogen) atoms. The molecule has 1 aliphatic rings. The number of amides is 3. The Morgan fingerprint density at radius 3 is 2.56 bits per heavy atom. The van der Waals surface area contributed by atoms with Crippen LogP contribution >= 0.6 is 15.9 Å². The molecule has 3 amide bonds. The van der Waals surface area contributed by atoms with Gasteiger partial charge >= 0.3 is 12.0 Å². The van der Waals surface area contributed by atoms with E-state index in [-0.39, 0.29) is 18.1 Å². The van der Waals surface area contributed by atoms with E-state index in [1.807, 2.05) is 6.92 Å². The number of hydrogen-bond acceptors (Lipinski definition) is 6. The summed E-state index contributed by atoms with van der Waals surface area (Å²) in [5.41, 5.74) is 1.34. The van der Waals surface area contributed by atoms with Gasteiger partial charge in [-0.3, -0.25) is 9.59 Å². The number of carbonyl (C=O) groups excluding carboxylic acids is 3. The zero-order chi connectivity index (χ0) is 23.3. The van der Waals surface area contributed by atoms with Crippen molar-refractivity contribution in [2.24, 2.45) is 0 Å². The molecule has 0 aromatic heterocycles. The van der Waals surface area contributed by atoms with Crippen LogP contribution in [-0.2, 0) is 20.9 Å². The Morgan fingerprint density at radius 1 is 1.19 bits per heavy atom. The number of carbonyl (C=O) groups is 3. The van der Waals surface area contributed by atoms with Crippen LogP contribution in [-0.4, -0.2) is 43.1 Å². The summed E-state index contributed by atoms with van der Waals surface area (Å²) in [4.78, 5) is 36.7. The Hall–Kier alpha value is -3.40. The highest BCUT2D eigenvalue weighted by molar-refractivity contribution is 9.10. The minimum Gasteiger partial charge on any atom is -0.490 e. The maximum atomic E-state index is 13.1. The zero-order valence-corrected chi connectivity index (χ0v) is 18.9. The average Bonchev–Trinajstić information content (AvgIpc) is 3.01. The van der Waals surface area contributed by atoms with Crippen molar-refractivity contribution in [3.63, 3.8) is 0 Å². The second kappa shape index (κ2) is 10.3. The lowest BCUT2D eigenvalue weighted by Gasteiger charge is -2.15. The first kappa shape index (κ1) is 23.3. The van der Waals surface area contributed by atoms with Gasteiger partial charge in [0.1, 0.15) is 24.7 Å². The molecule has 0 aliphatic carbocycles. The summed E-state index contributed by atoms with van der Waals surface area (Å²) in [7, 11) is 1.17. The van der Waals surface area contributed by atoms with Crippen LogP contribution in [0.1, 0.15) is 18.1 Å². The second-order valence-electron chi connectivity index (χ2n) is 6.63. The molecule has 10 heteroatoms. The molecule has 3 rings (SSSR count). The van der Waals surface area contributed by atoms with Gasteiger partial charge < -0.3 is 19.5 Å². The summed E-state index contributed by atoms with van der Waals surface area (Å²) < 4.78 is 29.7. The van der Waals surface area contributed by atoms with Crippen molar-refractivity contribution in [3.8, 4) is 11.5 Å². The second-order valence-corrected chi connectivity index (χ2v) is 7.49. The number of benzene rings is 2. The standard InChI is InChI=1S/C22H20BrFN2O6/c1-3-31-18-10-14(9-17-21(28)26(22(29)25-17)11-19(27)30-2)8-16(23)20(18)32-12-13-4-6-15(24)7-5-13/h4-10H,3,11-12H2,1-2H3,(H,25,29)/b17-9+. The lowest BCUT2D eigenvalue weighted by molar-refractivity contribution is -0.143. The van der Waals surface area contributed by atoms with Gasteiger partial charge in [0.15, 0.2) is 11.5 Å². The molecule has 1 aliphatic heterocycles. The van der Waals surface area contributed by atoms with Crippen molar-refractivity contribution in [2.45, 2.75) is 13.5 Å². The molecule has 0 bridgehead atoms. The first-order valence-electron chi connectivity index (χ1n) is 9.57. The molecule has 8 nitrogen and oxygen atoms in total. The van der Waals surface area contributed by atoms with Gasteiger partial charge in [-0.2, -0.15) is 0 Å². The third kappa shape index (κ3) is 5.44. The van der Waals surface area contributed by atoms with Crippen molar-refractivity contribution >= 4 is 39.9 Å². The molecule has 0 unspecified atom stereocenters. The summed E-state index contributed by atoms with van der Waals surface area (Å²) in [6.45, 7) is 1.88. The van der Waals surface area contributed by atoms with Gasteiger partial charge in [0, 0.05) is 0 Å². The Kier molecular flexibility index (Phi) is 7.47. The Labute approximate surface area is 192 Å². The van der Waals surface area contributed by atoms with E-state index in [1.165, 1.54) is 25.3 Å². The van der Waals surface area contributed by atoms with Crippen LogP contribution in [0.2, 0.25) is 0 Å². The summed E-state index contributed by atoms with van der Waals surface area (Å²) >= 11 is 3.45. The molecule has 1 saturated heterocycles. The highest BCUT2D eigenvalue weighted by Gasteiger charge is 2.35. The number of imide groups is 1. The topological polar surface area (TPSA) is 94.2 Å². The van der Waals surface area contributed by atoms with Crippen molar-refractivity contribution in [1.29, 1.82) is 0 Å². The highest BCUT2D eigenvalue weighted by atomic mass is 79.9. The van der Waals surface area contributed by atoms with Gasteiger partial charge in [-0.1, -0.05) is 12.1 Å². The molecular formula is C22H20BrFN2O6. The molecule has 1 heterocycles. The van der Waals surface area contributed by atoms with E-state index in [0.717, 1.165) is 10.5 Å². The number of nitrogens with zero attached hydrogens (tertiary/aromatic N) is 1. The lowest BCUT2D eigenvalue weighted by Crippen LogP contribution is -2.36. The molecule has 0 radical (unpaired) electrons. The van der Waals surface area contributed by atoms with Crippen molar-refractivity contribution in [1.82, 2.24) is 10.2 Å². The normalized spacial score (nSPS) is 14.5. The quantitative estimate of drug-likeness (QED) is 0.333.